The monoisotopic (exact) mass is 250 g/mol. The van der Waals surface area contributed by atoms with E-state index in [0.717, 1.165) is 5.56 Å². The molecular weight excluding hydrogens is 232 g/mol. The molecule has 0 amide bonds. The molecule has 18 heavy (non-hydrogen) atoms. The molecule has 0 heterocycles. The molecule has 0 spiro atoms. The number of carbonyl (C=O) groups is 1. The Kier molecular flexibility index (Phi) is 2.97. The summed E-state index contributed by atoms with van der Waals surface area (Å²) in [6, 6.07) is 3.54. The minimum Gasteiger partial charge on any atom is -0.504 e. The van der Waals surface area contributed by atoms with Gasteiger partial charge in [0.25, 0.3) is 0 Å². The van der Waals surface area contributed by atoms with Gasteiger partial charge in [-0.1, -0.05) is 19.9 Å². The summed E-state index contributed by atoms with van der Waals surface area (Å²) >= 11 is 0. The van der Waals surface area contributed by atoms with Crippen LogP contribution in [0.3, 0.4) is 0 Å². The Morgan fingerprint density at radius 3 is 2.39 bits per heavy atom. The average molecular weight is 250 g/mol. The Hall–Kier alpha value is -1.71. The number of benzene rings is 1. The fourth-order valence-electron chi connectivity index (χ4n) is 2.43. The maximum Gasteiger partial charge on any atom is 0.314 e. The Morgan fingerprint density at radius 1 is 1.39 bits per heavy atom. The van der Waals surface area contributed by atoms with Crippen LogP contribution in [0.1, 0.15) is 43.7 Å². The van der Waals surface area contributed by atoms with Gasteiger partial charge in [0, 0.05) is 5.56 Å². The van der Waals surface area contributed by atoms with Crippen molar-refractivity contribution in [2.24, 2.45) is 0 Å². The van der Waals surface area contributed by atoms with Gasteiger partial charge in [-0.15, -0.1) is 0 Å². The normalized spacial score (nSPS) is 16.7. The van der Waals surface area contributed by atoms with Gasteiger partial charge >= 0.3 is 5.97 Å². The molecular formula is C14H18O4. The first kappa shape index (κ1) is 12.7. The van der Waals surface area contributed by atoms with Crippen molar-refractivity contribution in [2.45, 2.75) is 38.0 Å². The van der Waals surface area contributed by atoms with Crippen LogP contribution in [0.15, 0.2) is 12.1 Å². The summed E-state index contributed by atoms with van der Waals surface area (Å²) in [5, 5.41) is 19.7. The molecule has 1 saturated carbocycles. The van der Waals surface area contributed by atoms with Crippen molar-refractivity contribution in [3.8, 4) is 11.5 Å². The third kappa shape index (κ3) is 1.72. The highest BCUT2D eigenvalue weighted by atomic mass is 16.5. The van der Waals surface area contributed by atoms with Gasteiger partial charge in [0.15, 0.2) is 11.5 Å². The predicted molar refractivity (Wildman–Crippen MR) is 67.3 cm³/mol. The number of phenols is 1. The first-order valence-corrected chi connectivity index (χ1v) is 6.07. The lowest BCUT2D eigenvalue weighted by Crippen LogP contribution is -2.22. The molecule has 0 saturated heterocycles. The zero-order chi connectivity index (χ0) is 13.5. The van der Waals surface area contributed by atoms with E-state index in [1.54, 1.807) is 6.07 Å². The average Bonchev–Trinajstić information content (AvgIpc) is 3.09. The number of aliphatic carboxylic acids is 1. The van der Waals surface area contributed by atoms with E-state index in [1.165, 1.54) is 7.11 Å². The fourth-order valence-corrected chi connectivity index (χ4v) is 2.43. The molecule has 0 radical (unpaired) electrons. The molecule has 0 aromatic heterocycles. The van der Waals surface area contributed by atoms with Crippen molar-refractivity contribution < 1.29 is 19.7 Å². The summed E-state index contributed by atoms with van der Waals surface area (Å²) in [5.41, 5.74) is 0.496. The van der Waals surface area contributed by atoms with E-state index in [0.29, 0.717) is 24.2 Å². The molecule has 1 fully saturated rings. The zero-order valence-corrected chi connectivity index (χ0v) is 10.9. The Labute approximate surface area is 106 Å². The predicted octanol–water partition coefficient (Wildman–Crippen LogP) is 2.64. The zero-order valence-electron chi connectivity index (χ0n) is 10.9. The van der Waals surface area contributed by atoms with Crippen molar-refractivity contribution in [1.29, 1.82) is 0 Å². The summed E-state index contributed by atoms with van der Waals surface area (Å²) in [4.78, 5) is 11.5. The number of hydrogen-bond acceptors (Lipinski definition) is 3. The largest absolute Gasteiger partial charge is 0.504 e. The van der Waals surface area contributed by atoms with Gasteiger partial charge in [-0.2, -0.15) is 0 Å². The molecule has 0 bridgehead atoms. The van der Waals surface area contributed by atoms with E-state index in [4.69, 9.17) is 4.74 Å². The molecule has 0 atom stereocenters. The van der Waals surface area contributed by atoms with Crippen molar-refractivity contribution in [3.05, 3.63) is 23.3 Å². The van der Waals surface area contributed by atoms with E-state index >= 15 is 0 Å². The van der Waals surface area contributed by atoms with Crippen LogP contribution in [0.4, 0.5) is 0 Å². The number of ether oxygens (including phenoxy) is 1. The molecule has 98 valence electrons. The maximum atomic E-state index is 11.5. The second-order valence-electron chi connectivity index (χ2n) is 5.12. The van der Waals surface area contributed by atoms with E-state index in [1.807, 2.05) is 19.9 Å². The van der Waals surface area contributed by atoms with Crippen LogP contribution in [0.25, 0.3) is 0 Å². The molecule has 4 nitrogen and oxygen atoms in total. The van der Waals surface area contributed by atoms with Crippen molar-refractivity contribution in [2.75, 3.05) is 7.11 Å². The smallest absolute Gasteiger partial charge is 0.314 e. The summed E-state index contributed by atoms with van der Waals surface area (Å²) in [6.07, 6.45) is 1.14. The Bertz CT molecular complexity index is 487. The quantitative estimate of drug-likeness (QED) is 0.862. The Balaban J connectivity index is 2.66. The molecule has 1 aromatic rings. The highest BCUT2D eigenvalue weighted by molar-refractivity contribution is 5.87. The molecule has 1 aliphatic rings. The second-order valence-corrected chi connectivity index (χ2v) is 5.12. The number of phenolic OH excluding ortho intramolecular Hbond substituents is 1. The topological polar surface area (TPSA) is 66.8 Å². The molecule has 2 rings (SSSR count). The summed E-state index contributed by atoms with van der Waals surface area (Å²) in [7, 11) is 1.47. The third-order valence-electron chi connectivity index (χ3n) is 3.65. The molecule has 1 aliphatic carbocycles. The second kappa shape index (κ2) is 4.19. The van der Waals surface area contributed by atoms with Crippen LogP contribution in [0, 0.1) is 0 Å². The highest BCUT2D eigenvalue weighted by Gasteiger charge is 2.54. The van der Waals surface area contributed by atoms with Crippen molar-refractivity contribution in [3.63, 3.8) is 0 Å². The van der Waals surface area contributed by atoms with Crippen molar-refractivity contribution in [1.82, 2.24) is 0 Å². The van der Waals surface area contributed by atoms with Crippen LogP contribution in [-0.4, -0.2) is 23.3 Å². The minimum atomic E-state index is -0.918. The standard InChI is InChI=1S/C14H18O4/c1-8(2)9-4-5-10(18-3)12(15)11(9)14(6-7-14)13(16)17/h4-5,8,15H,6-7H2,1-3H3,(H,16,17). The van der Waals surface area contributed by atoms with Crippen LogP contribution in [0.2, 0.25) is 0 Å². The maximum absolute atomic E-state index is 11.5. The molecule has 0 unspecified atom stereocenters. The summed E-state index contributed by atoms with van der Waals surface area (Å²) in [6.45, 7) is 3.98. The highest BCUT2D eigenvalue weighted by Crippen LogP contribution is 2.55. The van der Waals surface area contributed by atoms with Gasteiger partial charge in [0.2, 0.25) is 0 Å². The molecule has 1 aromatic carbocycles. The first-order chi connectivity index (χ1) is 8.44. The number of carboxylic acid groups (broad SMARTS) is 1. The van der Waals surface area contributed by atoms with Crippen LogP contribution in [-0.2, 0) is 10.2 Å². The lowest BCUT2D eigenvalue weighted by molar-refractivity contribution is -0.140. The first-order valence-electron chi connectivity index (χ1n) is 6.07. The number of rotatable bonds is 4. The minimum absolute atomic E-state index is 0.0244. The lowest BCUT2D eigenvalue weighted by Gasteiger charge is -2.21. The third-order valence-corrected chi connectivity index (χ3v) is 3.65. The van der Waals surface area contributed by atoms with Gasteiger partial charge < -0.3 is 14.9 Å². The van der Waals surface area contributed by atoms with Gasteiger partial charge in [-0.05, 0) is 30.4 Å². The van der Waals surface area contributed by atoms with Gasteiger partial charge in [-0.3, -0.25) is 4.79 Å². The number of carboxylic acids is 1. The lowest BCUT2D eigenvalue weighted by atomic mass is 9.85. The molecule has 4 heteroatoms. The van der Waals surface area contributed by atoms with E-state index in [-0.39, 0.29) is 11.7 Å². The number of methoxy groups -OCH3 is 1. The SMILES string of the molecule is COc1ccc(C(C)C)c(C2(C(=O)O)CC2)c1O. The summed E-state index contributed by atoms with van der Waals surface area (Å²) in [5.74, 6) is -0.396. The van der Waals surface area contributed by atoms with Crippen LogP contribution < -0.4 is 4.74 Å². The van der Waals surface area contributed by atoms with Crippen LogP contribution >= 0.6 is 0 Å². The van der Waals surface area contributed by atoms with Crippen molar-refractivity contribution >= 4 is 5.97 Å². The molecule has 0 aliphatic heterocycles. The van der Waals surface area contributed by atoms with E-state index in [9.17, 15) is 15.0 Å². The van der Waals surface area contributed by atoms with Gasteiger partial charge in [0.05, 0.1) is 12.5 Å². The van der Waals surface area contributed by atoms with Gasteiger partial charge in [-0.25, -0.2) is 0 Å². The van der Waals surface area contributed by atoms with Crippen LogP contribution in [0.5, 0.6) is 11.5 Å². The van der Waals surface area contributed by atoms with E-state index < -0.39 is 11.4 Å². The number of hydrogen-bond donors (Lipinski definition) is 2. The van der Waals surface area contributed by atoms with E-state index in [2.05, 4.69) is 0 Å². The fraction of sp³-hybridized carbons (Fsp3) is 0.500. The molecule has 2 N–H and O–H groups in total. The van der Waals surface area contributed by atoms with Gasteiger partial charge in [0.1, 0.15) is 0 Å². The Morgan fingerprint density at radius 2 is 2.00 bits per heavy atom. The number of aromatic hydroxyl groups is 1. The summed E-state index contributed by atoms with van der Waals surface area (Å²) < 4.78 is 5.08.